The third kappa shape index (κ3) is 2.11. The smallest absolute Gasteiger partial charge is 0.179 e. The van der Waals surface area contributed by atoms with Gasteiger partial charge in [-0.15, -0.1) is 11.3 Å². The molecule has 0 radical (unpaired) electrons. The van der Waals surface area contributed by atoms with Gasteiger partial charge in [0, 0.05) is 22.1 Å². The fraction of sp³-hybridized carbons (Fsp3) is 0.273. The van der Waals surface area contributed by atoms with Crippen LogP contribution in [0.5, 0.6) is 0 Å². The standard InChI is InChI=1S/C11H12O3S2/c12-6-3-7-16(13,14)11-8-15-10-5-2-1-4-9(10)11/h1-2,4-5,8,12H,3,6-7H2. The molecule has 0 spiro atoms. The summed E-state index contributed by atoms with van der Waals surface area (Å²) in [6.07, 6.45) is 0.284. The maximum absolute atomic E-state index is 12.0. The van der Waals surface area contributed by atoms with Crippen LogP contribution in [0.1, 0.15) is 6.42 Å². The van der Waals surface area contributed by atoms with E-state index in [1.165, 1.54) is 11.3 Å². The van der Waals surface area contributed by atoms with E-state index in [4.69, 9.17) is 5.11 Å². The summed E-state index contributed by atoms with van der Waals surface area (Å²) in [6.45, 7) is -0.0959. The lowest BCUT2D eigenvalue weighted by atomic mass is 10.3. The van der Waals surface area contributed by atoms with Crippen LogP contribution in [0.2, 0.25) is 0 Å². The highest BCUT2D eigenvalue weighted by atomic mass is 32.2. The highest BCUT2D eigenvalue weighted by molar-refractivity contribution is 7.91. The molecule has 1 aromatic heterocycles. The highest BCUT2D eigenvalue weighted by Crippen LogP contribution is 2.29. The second kappa shape index (κ2) is 4.53. The Morgan fingerprint density at radius 2 is 2.00 bits per heavy atom. The van der Waals surface area contributed by atoms with Crippen LogP contribution < -0.4 is 0 Å². The normalized spacial score (nSPS) is 12.1. The van der Waals surface area contributed by atoms with E-state index < -0.39 is 9.84 Å². The minimum Gasteiger partial charge on any atom is -0.396 e. The Labute approximate surface area is 98.3 Å². The molecule has 5 heteroatoms. The van der Waals surface area contributed by atoms with Gasteiger partial charge in [0.2, 0.25) is 0 Å². The summed E-state index contributed by atoms with van der Waals surface area (Å²) in [5.41, 5.74) is 0. The Balaban J connectivity index is 2.47. The van der Waals surface area contributed by atoms with Gasteiger partial charge in [-0.2, -0.15) is 0 Å². The fourth-order valence-corrected chi connectivity index (χ4v) is 4.42. The van der Waals surface area contributed by atoms with Gasteiger partial charge in [0.25, 0.3) is 0 Å². The first-order valence-corrected chi connectivity index (χ1v) is 7.48. The Morgan fingerprint density at radius 1 is 1.25 bits per heavy atom. The number of rotatable bonds is 4. The Hall–Kier alpha value is -0.910. The minimum atomic E-state index is -3.26. The summed E-state index contributed by atoms with van der Waals surface area (Å²) in [5, 5.41) is 11.1. The molecule has 0 unspecified atom stereocenters. The van der Waals surface area contributed by atoms with Crippen molar-refractivity contribution in [1.82, 2.24) is 0 Å². The average Bonchev–Trinajstić information content (AvgIpc) is 2.71. The zero-order valence-corrected chi connectivity index (χ0v) is 10.2. The van der Waals surface area contributed by atoms with Crippen molar-refractivity contribution in [2.24, 2.45) is 0 Å². The van der Waals surface area contributed by atoms with E-state index in [9.17, 15) is 8.42 Å². The molecule has 0 fully saturated rings. The molecule has 2 aromatic rings. The Bertz CT molecular complexity index is 584. The largest absolute Gasteiger partial charge is 0.396 e. The van der Waals surface area contributed by atoms with Crippen LogP contribution in [-0.2, 0) is 9.84 Å². The molecular weight excluding hydrogens is 244 g/mol. The molecule has 0 aliphatic rings. The summed E-state index contributed by atoms with van der Waals surface area (Å²) >= 11 is 1.43. The van der Waals surface area contributed by atoms with E-state index >= 15 is 0 Å². The zero-order chi connectivity index (χ0) is 11.6. The quantitative estimate of drug-likeness (QED) is 0.911. The number of benzene rings is 1. The van der Waals surface area contributed by atoms with Gasteiger partial charge in [-0.1, -0.05) is 18.2 Å². The third-order valence-electron chi connectivity index (χ3n) is 2.35. The third-order valence-corrected chi connectivity index (χ3v) is 5.30. The zero-order valence-electron chi connectivity index (χ0n) is 8.59. The fourth-order valence-electron chi connectivity index (χ4n) is 1.56. The van der Waals surface area contributed by atoms with Crippen LogP contribution in [0.3, 0.4) is 0 Å². The number of aliphatic hydroxyl groups excluding tert-OH is 1. The summed E-state index contributed by atoms with van der Waals surface area (Å²) in [7, 11) is -3.26. The molecule has 0 atom stereocenters. The summed E-state index contributed by atoms with van der Waals surface area (Å²) in [4.78, 5) is 0.390. The van der Waals surface area contributed by atoms with Crippen molar-refractivity contribution in [2.45, 2.75) is 11.3 Å². The molecule has 16 heavy (non-hydrogen) atoms. The lowest BCUT2D eigenvalue weighted by Gasteiger charge is -2.01. The minimum absolute atomic E-state index is 0.00419. The van der Waals surface area contributed by atoms with Gasteiger partial charge < -0.3 is 5.11 Å². The van der Waals surface area contributed by atoms with Gasteiger partial charge in [-0.05, 0) is 12.5 Å². The molecular formula is C11H12O3S2. The summed E-state index contributed by atoms with van der Waals surface area (Å²) in [6, 6.07) is 7.45. The average molecular weight is 256 g/mol. The molecule has 0 amide bonds. The first kappa shape index (κ1) is 11.6. The van der Waals surface area contributed by atoms with E-state index in [1.807, 2.05) is 24.3 Å². The van der Waals surface area contributed by atoms with E-state index in [0.29, 0.717) is 4.90 Å². The van der Waals surface area contributed by atoms with Crippen molar-refractivity contribution in [1.29, 1.82) is 0 Å². The van der Waals surface area contributed by atoms with Crippen LogP contribution in [0.25, 0.3) is 10.1 Å². The SMILES string of the molecule is O=S(=O)(CCCO)c1csc2ccccc12. The van der Waals surface area contributed by atoms with Crippen molar-refractivity contribution in [3.05, 3.63) is 29.6 Å². The van der Waals surface area contributed by atoms with Crippen LogP contribution in [0.4, 0.5) is 0 Å². The van der Waals surface area contributed by atoms with Crippen molar-refractivity contribution in [2.75, 3.05) is 12.4 Å². The Kier molecular flexibility index (Phi) is 3.28. The molecule has 0 aliphatic carbocycles. The van der Waals surface area contributed by atoms with Gasteiger partial charge in [0.05, 0.1) is 10.6 Å². The van der Waals surface area contributed by atoms with Crippen LogP contribution in [0.15, 0.2) is 34.5 Å². The molecule has 1 aromatic carbocycles. The summed E-state index contributed by atoms with van der Waals surface area (Å²) < 4.78 is 24.9. The van der Waals surface area contributed by atoms with Crippen LogP contribution in [0, 0.1) is 0 Å². The predicted molar refractivity (Wildman–Crippen MR) is 65.6 cm³/mol. The topological polar surface area (TPSA) is 54.4 Å². The first-order chi connectivity index (χ1) is 7.65. The number of hydrogen-bond acceptors (Lipinski definition) is 4. The molecule has 0 bridgehead atoms. The molecule has 86 valence electrons. The van der Waals surface area contributed by atoms with Gasteiger partial charge in [-0.25, -0.2) is 8.42 Å². The number of aliphatic hydroxyl groups is 1. The van der Waals surface area contributed by atoms with Crippen molar-refractivity contribution >= 4 is 31.3 Å². The molecule has 1 heterocycles. The lowest BCUT2D eigenvalue weighted by Crippen LogP contribution is -2.07. The molecule has 3 nitrogen and oxygen atoms in total. The molecule has 0 aliphatic heterocycles. The van der Waals surface area contributed by atoms with Crippen molar-refractivity contribution < 1.29 is 13.5 Å². The van der Waals surface area contributed by atoms with E-state index in [-0.39, 0.29) is 18.8 Å². The molecule has 0 saturated carbocycles. The number of sulfone groups is 1. The van der Waals surface area contributed by atoms with Crippen molar-refractivity contribution in [3.63, 3.8) is 0 Å². The number of hydrogen-bond donors (Lipinski definition) is 1. The Morgan fingerprint density at radius 3 is 2.75 bits per heavy atom. The molecule has 1 N–H and O–H groups in total. The van der Waals surface area contributed by atoms with Gasteiger partial charge in [-0.3, -0.25) is 0 Å². The second-order valence-electron chi connectivity index (χ2n) is 3.49. The maximum atomic E-state index is 12.0. The first-order valence-electron chi connectivity index (χ1n) is 4.95. The van der Waals surface area contributed by atoms with Crippen LogP contribution in [-0.4, -0.2) is 25.9 Å². The lowest BCUT2D eigenvalue weighted by molar-refractivity contribution is 0.295. The summed E-state index contributed by atoms with van der Waals surface area (Å²) in [5.74, 6) is 0.00419. The molecule has 2 rings (SSSR count). The predicted octanol–water partition coefficient (Wildman–Crippen LogP) is 2.06. The van der Waals surface area contributed by atoms with Crippen LogP contribution >= 0.6 is 11.3 Å². The van der Waals surface area contributed by atoms with E-state index in [1.54, 1.807) is 5.38 Å². The molecule has 0 saturated heterocycles. The second-order valence-corrected chi connectivity index (χ2v) is 6.48. The monoisotopic (exact) mass is 256 g/mol. The van der Waals surface area contributed by atoms with Gasteiger partial charge >= 0.3 is 0 Å². The van der Waals surface area contributed by atoms with Gasteiger partial charge in [0.1, 0.15) is 0 Å². The van der Waals surface area contributed by atoms with Gasteiger partial charge in [0.15, 0.2) is 9.84 Å². The van der Waals surface area contributed by atoms with E-state index in [0.717, 1.165) is 10.1 Å². The van der Waals surface area contributed by atoms with Crippen molar-refractivity contribution in [3.8, 4) is 0 Å². The highest BCUT2D eigenvalue weighted by Gasteiger charge is 2.18. The maximum Gasteiger partial charge on any atom is 0.179 e. The van der Waals surface area contributed by atoms with E-state index in [2.05, 4.69) is 0 Å². The number of fused-ring (bicyclic) bond motifs is 1. The number of thiophene rings is 1.